The molecule has 9 nitrogen and oxygen atoms in total. The van der Waals surface area contributed by atoms with E-state index in [2.05, 4.69) is 12.2 Å². The Morgan fingerprint density at radius 1 is 1.03 bits per heavy atom. The Balaban J connectivity index is 1.96. The van der Waals surface area contributed by atoms with Crippen LogP contribution in [0.25, 0.3) is 0 Å². The summed E-state index contributed by atoms with van der Waals surface area (Å²) < 4.78 is 22.1. The molecule has 0 bridgehead atoms. The number of rotatable bonds is 17. The highest BCUT2D eigenvalue weighted by molar-refractivity contribution is 5.91. The number of carboxylic acid groups (broad SMARTS) is 1. The standard InChI is InChI=1S/C28H40N2O7/c1-5-16-35-17-7-14-30(28(33)29-24-19-21(3)8-13-25(24)34-4)15-18-37-23-11-9-22(10-12-23)20-26(27(31)32)36-6-2/h8-13,19,26H,5-7,14-18,20H2,1-4H3,(H,29,33)(H,31,32). The van der Waals surface area contributed by atoms with Crippen molar-refractivity contribution in [2.24, 2.45) is 0 Å². The third-order valence-corrected chi connectivity index (χ3v) is 5.57. The number of nitrogens with zero attached hydrogens (tertiary/aromatic N) is 1. The molecule has 0 heterocycles. The van der Waals surface area contributed by atoms with Crippen molar-refractivity contribution in [2.45, 2.75) is 46.1 Å². The lowest BCUT2D eigenvalue weighted by atomic mass is 10.1. The number of hydrogen-bond donors (Lipinski definition) is 2. The molecule has 0 aliphatic rings. The van der Waals surface area contributed by atoms with Crippen LogP contribution in [0.1, 0.15) is 37.8 Å². The molecule has 0 spiro atoms. The summed E-state index contributed by atoms with van der Waals surface area (Å²) in [5.74, 6) is 0.249. The molecule has 2 amide bonds. The van der Waals surface area contributed by atoms with Gasteiger partial charge in [0.05, 0.1) is 19.3 Å². The first-order valence-corrected chi connectivity index (χ1v) is 12.7. The van der Waals surface area contributed by atoms with Gasteiger partial charge in [-0.3, -0.25) is 0 Å². The number of amides is 2. The smallest absolute Gasteiger partial charge is 0.333 e. The molecule has 0 aliphatic carbocycles. The topological polar surface area (TPSA) is 107 Å². The summed E-state index contributed by atoms with van der Waals surface area (Å²) in [7, 11) is 1.57. The lowest BCUT2D eigenvalue weighted by Gasteiger charge is -2.24. The summed E-state index contributed by atoms with van der Waals surface area (Å²) in [6.45, 7) is 8.58. The molecule has 0 radical (unpaired) electrons. The Bertz CT molecular complexity index is 966. The Morgan fingerprint density at radius 3 is 2.43 bits per heavy atom. The number of carboxylic acids is 1. The van der Waals surface area contributed by atoms with E-state index in [1.807, 2.05) is 37.3 Å². The zero-order valence-corrected chi connectivity index (χ0v) is 22.3. The van der Waals surface area contributed by atoms with Gasteiger partial charge in [-0.05, 0) is 62.1 Å². The molecule has 1 unspecified atom stereocenters. The summed E-state index contributed by atoms with van der Waals surface area (Å²) in [4.78, 5) is 26.1. The molecule has 2 N–H and O–H groups in total. The predicted molar refractivity (Wildman–Crippen MR) is 143 cm³/mol. The van der Waals surface area contributed by atoms with E-state index in [-0.39, 0.29) is 12.5 Å². The molecular formula is C28H40N2O7. The second-order valence-electron chi connectivity index (χ2n) is 8.57. The maximum Gasteiger partial charge on any atom is 0.333 e. The average Bonchev–Trinajstić information content (AvgIpc) is 2.88. The highest BCUT2D eigenvalue weighted by Crippen LogP contribution is 2.25. The number of aryl methyl sites for hydroxylation is 1. The number of carbonyl (C=O) groups excluding carboxylic acids is 1. The predicted octanol–water partition coefficient (Wildman–Crippen LogP) is 4.77. The highest BCUT2D eigenvalue weighted by atomic mass is 16.5. The number of ether oxygens (including phenoxy) is 4. The molecule has 0 saturated carbocycles. The molecule has 37 heavy (non-hydrogen) atoms. The third kappa shape index (κ3) is 10.7. The molecule has 204 valence electrons. The van der Waals surface area contributed by atoms with Crippen molar-refractivity contribution >= 4 is 17.7 Å². The number of urea groups is 1. The number of benzene rings is 2. The number of aliphatic carboxylic acids is 1. The monoisotopic (exact) mass is 516 g/mol. The van der Waals surface area contributed by atoms with Gasteiger partial charge in [0.1, 0.15) is 18.1 Å². The van der Waals surface area contributed by atoms with Gasteiger partial charge in [-0.2, -0.15) is 0 Å². The fourth-order valence-corrected chi connectivity index (χ4v) is 3.66. The zero-order valence-electron chi connectivity index (χ0n) is 22.3. The fraction of sp³-hybridized carbons (Fsp3) is 0.500. The maximum absolute atomic E-state index is 13.1. The second-order valence-corrected chi connectivity index (χ2v) is 8.57. The van der Waals surface area contributed by atoms with E-state index in [1.54, 1.807) is 31.1 Å². The Kier molecular flexibility index (Phi) is 13.3. The van der Waals surface area contributed by atoms with Crippen molar-refractivity contribution in [2.75, 3.05) is 51.9 Å². The van der Waals surface area contributed by atoms with Gasteiger partial charge in [0.2, 0.25) is 0 Å². The highest BCUT2D eigenvalue weighted by Gasteiger charge is 2.18. The van der Waals surface area contributed by atoms with Crippen molar-refractivity contribution in [1.29, 1.82) is 0 Å². The van der Waals surface area contributed by atoms with Crippen LogP contribution in [-0.2, 0) is 20.7 Å². The van der Waals surface area contributed by atoms with E-state index in [1.165, 1.54) is 0 Å². The number of nitrogens with one attached hydrogen (secondary N) is 1. The van der Waals surface area contributed by atoms with Crippen LogP contribution >= 0.6 is 0 Å². The molecule has 2 aromatic carbocycles. The van der Waals surface area contributed by atoms with Crippen molar-refractivity contribution in [1.82, 2.24) is 4.90 Å². The minimum absolute atomic E-state index is 0.242. The van der Waals surface area contributed by atoms with Gasteiger partial charge in [-0.15, -0.1) is 0 Å². The number of anilines is 1. The summed E-state index contributed by atoms with van der Waals surface area (Å²) in [6, 6.07) is 12.6. The van der Waals surface area contributed by atoms with Gasteiger partial charge < -0.3 is 34.3 Å². The van der Waals surface area contributed by atoms with Gasteiger partial charge in [0.15, 0.2) is 6.10 Å². The second kappa shape index (κ2) is 16.4. The summed E-state index contributed by atoms with van der Waals surface area (Å²) in [5.41, 5.74) is 2.47. The number of carbonyl (C=O) groups is 2. The first-order valence-electron chi connectivity index (χ1n) is 12.7. The van der Waals surface area contributed by atoms with Crippen LogP contribution in [0.5, 0.6) is 11.5 Å². The van der Waals surface area contributed by atoms with E-state index in [4.69, 9.17) is 18.9 Å². The van der Waals surface area contributed by atoms with Gasteiger partial charge in [0, 0.05) is 32.8 Å². The Labute approximate surface area is 219 Å². The van der Waals surface area contributed by atoms with E-state index in [0.717, 1.165) is 17.5 Å². The van der Waals surface area contributed by atoms with Gasteiger partial charge in [-0.1, -0.05) is 25.1 Å². The van der Waals surface area contributed by atoms with Crippen LogP contribution < -0.4 is 14.8 Å². The molecule has 0 saturated heterocycles. The molecule has 0 aromatic heterocycles. The van der Waals surface area contributed by atoms with Crippen LogP contribution in [0.2, 0.25) is 0 Å². The van der Waals surface area contributed by atoms with Crippen LogP contribution in [0, 0.1) is 6.92 Å². The van der Waals surface area contributed by atoms with Gasteiger partial charge in [0.25, 0.3) is 0 Å². The first kappa shape index (κ1) is 29.9. The minimum atomic E-state index is -0.982. The fourth-order valence-electron chi connectivity index (χ4n) is 3.66. The maximum atomic E-state index is 13.1. The molecule has 0 aliphatic heterocycles. The van der Waals surface area contributed by atoms with Gasteiger partial charge >= 0.3 is 12.0 Å². The minimum Gasteiger partial charge on any atom is -0.495 e. The summed E-state index contributed by atoms with van der Waals surface area (Å²) in [5, 5.41) is 12.2. The summed E-state index contributed by atoms with van der Waals surface area (Å²) in [6.07, 6.45) is 1.06. The van der Waals surface area contributed by atoms with Crippen molar-refractivity contribution in [3.8, 4) is 11.5 Å². The van der Waals surface area contributed by atoms with Crippen LogP contribution in [0.4, 0.5) is 10.5 Å². The molecule has 9 heteroatoms. The Morgan fingerprint density at radius 2 is 1.78 bits per heavy atom. The molecular weight excluding hydrogens is 476 g/mol. The quantitative estimate of drug-likeness (QED) is 0.292. The first-order chi connectivity index (χ1) is 17.9. The largest absolute Gasteiger partial charge is 0.495 e. The summed E-state index contributed by atoms with van der Waals surface area (Å²) >= 11 is 0. The SMILES string of the molecule is CCCOCCCN(CCOc1ccc(CC(OCC)C(=O)O)cc1)C(=O)Nc1cc(C)ccc1OC. The van der Waals surface area contributed by atoms with Crippen molar-refractivity contribution < 1.29 is 33.6 Å². The van der Waals surface area contributed by atoms with Crippen LogP contribution in [-0.4, -0.2) is 74.7 Å². The molecule has 0 fully saturated rings. The lowest BCUT2D eigenvalue weighted by Crippen LogP contribution is -2.39. The number of methoxy groups -OCH3 is 1. The van der Waals surface area contributed by atoms with E-state index in [9.17, 15) is 14.7 Å². The van der Waals surface area contributed by atoms with Gasteiger partial charge in [-0.25, -0.2) is 9.59 Å². The normalized spacial score (nSPS) is 11.6. The third-order valence-electron chi connectivity index (χ3n) is 5.57. The van der Waals surface area contributed by atoms with Crippen LogP contribution in [0.3, 0.4) is 0 Å². The van der Waals surface area contributed by atoms with Crippen molar-refractivity contribution in [3.05, 3.63) is 53.6 Å². The average molecular weight is 517 g/mol. The molecule has 2 rings (SSSR count). The zero-order chi connectivity index (χ0) is 27.0. The van der Waals surface area contributed by atoms with E-state index < -0.39 is 12.1 Å². The van der Waals surface area contributed by atoms with Crippen LogP contribution in [0.15, 0.2) is 42.5 Å². The Hall–Kier alpha value is -3.30. The molecule has 1 atom stereocenters. The number of hydrogen-bond acceptors (Lipinski definition) is 6. The van der Waals surface area contributed by atoms with Crippen molar-refractivity contribution in [3.63, 3.8) is 0 Å². The van der Waals surface area contributed by atoms with E-state index >= 15 is 0 Å². The lowest BCUT2D eigenvalue weighted by molar-refractivity contribution is -0.149. The molecule has 2 aromatic rings. The van der Waals surface area contributed by atoms with E-state index in [0.29, 0.717) is 63.1 Å².